The van der Waals surface area contributed by atoms with Gasteiger partial charge in [-0.25, -0.2) is 0 Å². The van der Waals surface area contributed by atoms with Crippen LogP contribution < -0.4 is 0 Å². The van der Waals surface area contributed by atoms with Gasteiger partial charge in [0, 0.05) is 19.1 Å². The smallest absolute Gasteiger partial charge is 0.0774 e. The highest BCUT2D eigenvalue weighted by Gasteiger charge is 2.34. The van der Waals surface area contributed by atoms with E-state index >= 15 is 0 Å². The molecule has 2 fully saturated rings. The highest BCUT2D eigenvalue weighted by Crippen LogP contribution is 2.31. The Hall–Kier alpha value is -0.0800. The SMILES string of the molecule is CC1CCC(C)N(CC2(O)CCCCC2)C1. The van der Waals surface area contributed by atoms with E-state index in [1.807, 2.05) is 0 Å². The minimum absolute atomic E-state index is 0.371. The Morgan fingerprint density at radius 1 is 1.12 bits per heavy atom. The molecule has 1 aliphatic heterocycles. The molecule has 0 bridgehead atoms. The lowest BCUT2D eigenvalue weighted by Gasteiger charge is -2.43. The summed E-state index contributed by atoms with van der Waals surface area (Å²) >= 11 is 0. The van der Waals surface area contributed by atoms with Gasteiger partial charge in [0.15, 0.2) is 0 Å². The third-order valence-corrected chi connectivity index (χ3v) is 4.53. The number of nitrogens with zero attached hydrogens (tertiary/aromatic N) is 1. The summed E-state index contributed by atoms with van der Waals surface area (Å²) < 4.78 is 0. The lowest BCUT2D eigenvalue weighted by atomic mass is 9.83. The topological polar surface area (TPSA) is 23.5 Å². The molecule has 1 saturated heterocycles. The molecule has 0 amide bonds. The first-order chi connectivity index (χ1) is 7.59. The maximum absolute atomic E-state index is 10.6. The van der Waals surface area contributed by atoms with Crippen molar-refractivity contribution in [2.45, 2.75) is 70.4 Å². The molecule has 2 aliphatic rings. The zero-order chi connectivity index (χ0) is 11.6. The Morgan fingerprint density at radius 2 is 1.81 bits per heavy atom. The fourth-order valence-electron chi connectivity index (χ4n) is 3.35. The number of likely N-dealkylation sites (tertiary alicyclic amines) is 1. The second-order valence-electron chi connectivity index (χ2n) is 6.25. The molecule has 1 N–H and O–H groups in total. The van der Waals surface area contributed by atoms with Crippen LogP contribution in [0.2, 0.25) is 0 Å². The number of aliphatic hydroxyl groups is 1. The van der Waals surface area contributed by atoms with E-state index in [0.29, 0.717) is 6.04 Å². The van der Waals surface area contributed by atoms with Crippen LogP contribution in [0.3, 0.4) is 0 Å². The van der Waals surface area contributed by atoms with Crippen LogP contribution in [0.5, 0.6) is 0 Å². The molecule has 2 atom stereocenters. The molecule has 1 aliphatic carbocycles. The molecular formula is C14H27NO. The van der Waals surface area contributed by atoms with E-state index in [9.17, 15) is 5.11 Å². The van der Waals surface area contributed by atoms with Crippen molar-refractivity contribution in [2.24, 2.45) is 5.92 Å². The zero-order valence-electron chi connectivity index (χ0n) is 10.9. The molecule has 1 saturated carbocycles. The summed E-state index contributed by atoms with van der Waals surface area (Å²) in [5.41, 5.74) is -0.371. The largest absolute Gasteiger partial charge is 0.389 e. The average molecular weight is 225 g/mol. The first kappa shape index (κ1) is 12.4. The Balaban J connectivity index is 1.91. The predicted molar refractivity (Wildman–Crippen MR) is 67.5 cm³/mol. The van der Waals surface area contributed by atoms with Crippen molar-refractivity contribution in [3.8, 4) is 0 Å². The van der Waals surface area contributed by atoms with Crippen LogP contribution >= 0.6 is 0 Å². The molecule has 94 valence electrons. The van der Waals surface area contributed by atoms with Gasteiger partial charge >= 0.3 is 0 Å². The van der Waals surface area contributed by atoms with E-state index in [-0.39, 0.29) is 5.60 Å². The van der Waals surface area contributed by atoms with E-state index < -0.39 is 0 Å². The summed E-state index contributed by atoms with van der Waals surface area (Å²) in [6.07, 6.45) is 8.44. The van der Waals surface area contributed by atoms with Gasteiger partial charge in [0.25, 0.3) is 0 Å². The van der Waals surface area contributed by atoms with Crippen LogP contribution in [-0.2, 0) is 0 Å². The van der Waals surface area contributed by atoms with E-state index in [2.05, 4.69) is 18.7 Å². The average Bonchev–Trinajstić information content (AvgIpc) is 2.24. The lowest BCUT2D eigenvalue weighted by Crippen LogP contribution is -2.50. The Morgan fingerprint density at radius 3 is 2.50 bits per heavy atom. The standard InChI is InChI=1S/C14H27NO/c1-12-6-7-13(2)15(10-12)11-14(16)8-4-3-5-9-14/h12-13,16H,3-11H2,1-2H3. The van der Waals surface area contributed by atoms with Gasteiger partial charge < -0.3 is 5.11 Å². The van der Waals surface area contributed by atoms with Gasteiger partial charge in [-0.1, -0.05) is 26.2 Å². The minimum Gasteiger partial charge on any atom is -0.389 e. The van der Waals surface area contributed by atoms with Crippen LogP contribution in [-0.4, -0.2) is 34.7 Å². The second kappa shape index (κ2) is 5.05. The molecule has 1 heterocycles. The van der Waals surface area contributed by atoms with Crippen molar-refractivity contribution in [1.29, 1.82) is 0 Å². The zero-order valence-corrected chi connectivity index (χ0v) is 10.9. The molecule has 2 heteroatoms. The number of rotatable bonds is 2. The van der Waals surface area contributed by atoms with E-state index in [1.54, 1.807) is 0 Å². The van der Waals surface area contributed by atoms with Crippen LogP contribution in [0.1, 0.15) is 58.8 Å². The Kier molecular flexibility index (Phi) is 3.91. The first-order valence-electron chi connectivity index (χ1n) is 7.05. The highest BCUT2D eigenvalue weighted by molar-refractivity contribution is 4.89. The molecule has 0 radical (unpaired) electrons. The van der Waals surface area contributed by atoms with Crippen molar-refractivity contribution in [3.63, 3.8) is 0 Å². The summed E-state index contributed by atoms with van der Waals surface area (Å²) in [4.78, 5) is 2.53. The summed E-state index contributed by atoms with van der Waals surface area (Å²) in [7, 11) is 0. The van der Waals surface area contributed by atoms with Crippen LogP contribution in [0.25, 0.3) is 0 Å². The van der Waals surface area contributed by atoms with Gasteiger partial charge in [-0.3, -0.25) is 4.90 Å². The van der Waals surface area contributed by atoms with Gasteiger partial charge in [0.05, 0.1) is 5.60 Å². The predicted octanol–water partition coefficient (Wildman–Crippen LogP) is 2.80. The van der Waals surface area contributed by atoms with Gasteiger partial charge in [-0.2, -0.15) is 0 Å². The van der Waals surface area contributed by atoms with E-state index in [4.69, 9.17) is 0 Å². The van der Waals surface area contributed by atoms with Crippen LogP contribution in [0.15, 0.2) is 0 Å². The van der Waals surface area contributed by atoms with Crippen molar-refractivity contribution in [1.82, 2.24) is 4.90 Å². The van der Waals surface area contributed by atoms with Crippen molar-refractivity contribution in [3.05, 3.63) is 0 Å². The first-order valence-corrected chi connectivity index (χ1v) is 7.05. The fourth-order valence-corrected chi connectivity index (χ4v) is 3.35. The van der Waals surface area contributed by atoms with Crippen LogP contribution in [0.4, 0.5) is 0 Å². The van der Waals surface area contributed by atoms with Gasteiger partial charge in [0.1, 0.15) is 0 Å². The van der Waals surface area contributed by atoms with Crippen molar-refractivity contribution >= 4 is 0 Å². The number of β-amino-alcohol motifs (C(OH)–C–C–N with tert-alkyl or cyclic N) is 1. The molecule has 2 rings (SSSR count). The molecular weight excluding hydrogens is 198 g/mol. The minimum atomic E-state index is -0.371. The summed E-state index contributed by atoms with van der Waals surface area (Å²) in [5, 5.41) is 10.6. The van der Waals surface area contributed by atoms with Gasteiger partial charge in [-0.15, -0.1) is 0 Å². The summed E-state index contributed by atoms with van der Waals surface area (Å²) in [6, 6.07) is 0.669. The quantitative estimate of drug-likeness (QED) is 0.781. The fraction of sp³-hybridized carbons (Fsp3) is 1.00. The normalized spacial score (nSPS) is 36.2. The summed E-state index contributed by atoms with van der Waals surface area (Å²) in [5.74, 6) is 0.809. The Bertz CT molecular complexity index is 223. The van der Waals surface area contributed by atoms with Crippen molar-refractivity contribution < 1.29 is 5.11 Å². The molecule has 0 aromatic carbocycles. The van der Waals surface area contributed by atoms with Crippen LogP contribution in [0, 0.1) is 5.92 Å². The third-order valence-electron chi connectivity index (χ3n) is 4.53. The molecule has 0 aromatic rings. The molecule has 16 heavy (non-hydrogen) atoms. The maximum atomic E-state index is 10.6. The maximum Gasteiger partial charge on any atom is 0.0774 e. The lowest BCUT2D eigenvalue weighted by molar-refractivity contribution is -0.0450. The van der Waals surface area contributed by atoms with E-state index in [1.165, 1.54) is 38.6 Å². The number of hydrogen-bond donors (Lipinski definition) is 1. The Labute approximate surface area is 100 Å². The van der Waals surface area contributed by atoms with Crippen molar-refractivity contribution in [2.75, 3.05) is 13.1 Å². The second-order valence-corrected chi connectivity index (χ2v) is 6.25. The van der Waals surface area contributed by atoms with Gasteiger partial charge in [-0.05, 0) is 38.5 Å². The molecule has 2 nitrogen and oxygen atoms in total. The number of piperidine rings is 1. The highest BCUT2D eigenvalue weighted by atomic mass is 16.3. The number of hydrogen-bond acceptors (Lipinski definition) is 2. The third kappa shape index (κ3) is 2.98. The van der Waals surface area contributed by atoms with Gasteiger partial charge in [0.2, 0.25) is 0 Å². The monoisotopic (exact) mass is 225 g/mol. The van der Waals surface area contributed by atoms with E-state index in [0.717, 1.165) is 25.3 Å². The summed E-state index contributed by atoms with van der Waals surface area (Å²) in [6.45, 7) is 6.75. The molecule has 0 spiro atoms. The molecule has 2 unspecified atom stereocenters. The molecule has 0 aromatic heterocycles.